The first-order chi connectivity index (χ1) is 7.68. The van der Waals surface area contributed by atoms with E-state index in [9.17, 15) is 0 Å². The van der Waals surface area contributed by atoms with Crippen LogP contribution in [0.25, 0.3) is 10.9 Å². The Kier molecular flexibility index (Phi) is 2.23. The van der Waals surface area contributed by atoms with Gasteiger partial charge in [0.25, 0.3) is 0 Å². The van der Waals surface area contributed by atoms with Gasteiger partial charge in [-0.25, -0.2) is 0 Å². The lowest BCUT2D eigenvalue weighted by molar-refractivity contribution is 0.634. The molecule has 3 N–H and O–H groups in total. The number of aromatic amines is 1. The Morgan fingerprint density at radius 1 is 1.44 bits per heavy atom. The van der Waals surface area contributed by atoms with Crippen molar-refractivity contribution in [2.45, 2.75) is 25.8 Å². The molecular formula is C13H15ClN2. The lowest BCUT2D eigenvalue weighted by atomic mass is 10.00. The van der Waals surface area contributed by atoms with Crippen molar-refractivity contribution < 1.29 is 0 Å². The van der Waals surface area contributed by atoms with Gasteiger partial charge in [0.1, 0.15) is 0 Å². The molecule has 1 saturated carbocycles. The molecule has 1 aliphatic rings. The van der Waals surface area contributed by atoms with Crippen LogP contribution in [0.4, 0.5) is 0 Å². The highest BCUT2D eigenvalue weighted by atomic mass is 35.5. The van der Waals surface area contributed by atoms with Gasteiger partial charge in [0.2, 0.25) is 0 Å². The van der Waals surface area contributed by atoms with E-state index < -0.39 is 0 Å². The largest absolute Gasteiger partial charge is 0.357 e. The number of fused-ring (bicyclic) bond motifs is 1. The molecule has 2 aromatic rings. The van der Waals surface area contributed by atoms with Gasteiger partial charge in [-0.1, -0.05) is 23.7 Å². The molecule has 1 unspecified atom stereocenters. The summed E-state index contributed by atoms with van der Waals surface area (Å²) in [4.78, 5) is 3.35. The second kappa shape index (κ2) is 3.51. The molecule has 1 fully saturated rings. The van der Waals surface area contributed by atoms with Gasteiger partial charge in [-0.3, -0.25) is 0 Å². The number of hydrogen-bond donors (Lipinski definition) is 2. The number of aryl methyl sites for hydroxylation is 1. The maximum absolute atomic E-state index is 6.30. The standard InChI is InChI=1S/C13H15ClN2/c1-7-11(12(15)8-5-6-8)9-3-2-4-10(14)13(9)16-7/h2-4,8,12,16H,5-6,15H2,1H3. The lowest BCUT2D eigenvalue weighted by Crippen LogP contribution is -2.13. The third-order valence-corrected chi connectivity index (χ3v) is 3.80. The predicted octanol–water partition coefficient (Wildman–Crippen LogP) is 3.54. The smallest absolute Gasteiger partial charge is 0.0648 e. The number of H-pyrrole nitrogens is 1. The monoisotopic (exact) mass is 234 g/mol. The quantitative estimate of drug-likeness (QED) is 0.820. The molecule has 0 aliphatic heterocycles. The second-order valence-electron chi connectivity index (χ2n) is 4.69. The van der Waals surface area contributed by atoms with Crippen molar-refractivity contribution in [3.63, 3.8) is 0 Å². The third-order valence-electron chi connectivity index (χ3n) is 3.48. The number of nitrogens with two attached hydrogens (primary N) is 1. The minimum Gasteiger partial charge on any atom is -0.357 e. The maximum Gasteiger partial charge on any atom is 0.0648 e. The summed E-state index contributed by atoms with van der Waals surface area (Å²) in [6.45, 7) is 2.08. The average molecular weight is 235 g/mol. The zero-order valence-corrected chi connectivity index (χ0v) is 10.0. The van der Waals surface area contributed by atoms with Crippen molar-refractivity contribution in [1.29, 1.82) is 0 Å². The van der Waals surface area contributed by atoms with E-state index in [0.29, 0.717) is 5.92 Å². The van der Waals surface area contributed by atoms with Gasteiger partial charge in [0.05, 0.1) is 10.5 Å². The van der Waals surface area contributed by atoms with Crippen molar-refractivity contribution in [2.24, 2.45) is 11.7 Å². The highest BCUT2D eigenvalue weighted by molar-refractivity contribution is 6.35. The van der Waals surface area contributed by atoms with Crippen LogP contribution in [0.2, 0.25) is 5.02 Å². The first-order valence-electron chi connectivity index (χ1n) is 5.70. The Morgan fingerprint density at radius 2 is 2.19 bits per heavy atom. The summed E-state index contributed by atoms with van der Waals surface area (Å²) in [5.41, 5.74) is 9.72. The molecule has 16 heavy (non-hydrogen) atoms. The topological polar surface area (TPSA) is 41.8 Å². The zero-order valence-electron chi connectivity index (χ0n) is 9.26. The molecule has 1 aromatic carbocycles. The van der Waals surface area contributed by atoms with Gasteiger partial charge in [-0.15, -0.1) is 0 Å². The minimum atomic E-state index is 0.159. The van der Waals surface area contributed by atoms with Crippen LogP contribution >= 0.6 is 11.6 Å². The van der Waals surface area contributed by atoms with Crippen molar-refractivity contribution in [3.05, 3.63) is 34.5 Å². The highest BCUT2D eigenvalue weighted by Crippen LogP contribution is 2.43. The van der Waals surface area contributed by atoms with E-state index in [1.807, 2.05) is 12.1 Å². The molecule has 1 aliphatic carbocycles. The molecule has 1 aromatic heterocycles. The van der Waals surface area contributed by atoms with E-state index in [1.165, 1.54) is 23.8 Å². The van der Waals surface area contributed by atoms with E-state index in [2.05, 4.69) is 18.0 Å². The maximum atomic E-state index is 6.30. The van der Waals surface area contributed by atoms with Crippen LogP contribution in [0.3, 0.4) is 0 Å². The van der Waals surface area contributed by atoms with Crippen LogP contribution in [0, 0.1) is 12.8 Å². The molecule has 0 amide bonds. The predicted molar refractivity (Wildman–Crippen MR) is 67.7 cm³/mol. The Bertz CT molecular complexity index is 540. The first-order valence-corrected chi connectivity index (χ1v) is 6.08. The number of hydrogen-bond acceptors (Lipinski definition) is 1. The van der Waals surface area contributed by atoms with Crippen LogP contribution in [-0.2, 0) is 0 Å². The molecule has 3 heteroatoms. The summed E-state index contributed by atoms with van der Waals surface area (Å²) in [6.07, 6.45) is 2.52. The minimum absolute atomic E-state index is 0.159. The van der Waals surface area contributed by atoms with Gasteiger partial charge < -0.3 is 10.7 Å². The van der Waals surface area contributed by atoms with Crippen molar-refractivity contribution in [1.82, 2.24) is 4.98 Å². The lowest BCUT2D eigenvalue weighted by Gasteiger charge is -2.10. The van der Waals surface area contributed by atoms with Gasteiger partial charge >= 0.3 is 0 Å². The van der Waals surface area contributed by atoms with Crippen LogP contribution in [0.15, 0.2) is 18.2 Å². The van der Waals surface area contributed by atoms with Crippen LogP contribution in [-0.4, -0.2) is 4.98 Å². The highest BCUT2D eigenvalue weighted by Gasteiger charge is 2.32. The Morgan fingerprint density at radius 3 is 2.88 bits per heavy atom. The number of benzene rings is 1. The SMILES string of the molecule is Cc1[nH]c2c(Cl)cccc2c1C(N)C1CC1. The van der Waals surface area contributed by atoms with Crippen LogP contribution in [0.5, 0.6) is 0 Å². The second-order valence-corrected chi connectivity index (χ2v) is 5.10. The summed E-state index contributed by atoms with van der Waals surface area (Å²) in [6, 6.07) is 6.16. The van der Waals surface area contributed by atoms with E-state index in [1.54, 1.807) is 0 Å². The van der Waals surface area contributed by atoms with Crippen molar-refractivity contribution >= 4 is 22.5 Å². The van der Waals surface area contributed by atoms with E-state index >= 15 is 0 Å². The zero-order chi connectivity index (χ0) is 11.3. The summed E-state index contributed by atoms with van der Waals surface area (Å²) >= 11 is 6.17. The summed E-state index contributed by atoms with van der Waals surface area (Å²) in [5.74, 6) is 0.664. The molecular weight excluding hydrogens is 220 g/mol. The van der Waals surface area contributed by atoms with Gasteiger partial charge in [-0.2, -0.15) is 0 Å². The fraction of sp³-hybridized carbons (Fsp3) is 0.385. The normalized spacial score (nSPS) is 17.9. The number of aromatic nitrogens is 1. The Hall–Kier alpha value is -0.990. The van der Waals surface area contributed by atoms with Crippen molar-refractivity contribution in [3.8, 4) is 0 Å². The number of nitrogens with one attached hydrogen (secondary N) is 1. The molecule has 0 radical (unpaired) electrons. The van der Waals surface area contributed by atoms with Crippen LogP contribution in [0.1, 0.15) is 30.1 Å². The summed E-state index contributed by atoms with van der Waals surface area (Å²) in [5, 5.41) is 1.96. The van der Waals surface area contributed by atoms with Gasteiger partial charge in [0.15, 0.2) is 0 Å². The van der Waals surface area contributed by atoms with Gasteiger partial charge in [-0.05, 0) is 37.3 Å². The van der Waals surface area contributed by atoms with Gasteiger partial charge in [0, 0.05) is 17.1 Å². The van der Waals surface area contributed by atoms with E-state index in [0.717, 1.165) is 16.2 Å². The molecule has 84 valence electrons. The third kappa shape index (κ3) is 1.45. The number of para-hydroxylation sites is 1. The molecule has 1 atom stereocenters. The molecule has 0 bridgehead atoms. The summed E-state index contributed by atoms with van der Waals surface area (Å²) < 4.78 is 0. The Labute approximate surface area is 99.8 Å². The molecule has 2 nitrogen and oxygen atoms in total. The van der Waals surface area contributed by atoms with Crippen LogP contribution < -0.4 is 5.73 Å². The number of halogens is 1. The van der Waals surface area contributed by atoms with E-state index in [-0.39, 0.29) is 6.04 Å². The average Bonchev–Trinajstić information content (AvgIpc) is 3.02. The van der Waals surface area contributed by atoms with E-state index in [4.69, 9.17) is 17.3 Å². The fourth-order valence-corrected chi connectivity index (χ4v) is 2.67. The summed E-state index contributed by atoms with van der Waals surface area (Å²) in [7, 11) is 0. The Balaban J connectivity index is 2.22. The fourth-order valence-electron chi connectivity index (χ4n) is 2.45. The first kappa shape index (κ1) is 10.2. The van der Waals surface area contributed by atoms with Crippen molar-refractivity contribution in [2.75, 3.05) is 0 Å². The molecule has 0 spiro atoms. The molecule has 0 saturated heterocycles. The molecule has 1 heterocycles. The molecule has 3 rings (SSSR count). The number of rotatable bonds is 2.